The first-order valence-corrected chi connectivity index (χ1v) is 5.63. The maximum atomic E-state index is 11.2. The van der Waals surface area contributed by atoms with Crippen molar-refractivity contribution in [2.45, 2.75) is 11.8 Å². The number of methoxy groups -OCH3 is 1. The summed E-state index contributed by atoms with van der Waals surface area (Å²) in [6, 6.07) is 0. The molecular formula is C10H8NNaO5S. The number of β-lactam (4-membered cyclic amide) rings is 1. The number of carbonyl (C=O) groups excluding carboxylic acids is 3. The number of amides is 1. The van der Waals surface area contributed by atoms with Gasteiger partial charge in [0.1, 0.15) is 0 Å². The number of fused-ring (bicyclic) bond motifs is 1. The van der Waals surface area contributed by atoms with Gasteiger partial charge in [-0.3, -0.25) is 9.69 Å². The van der Waals surface area contributed by atoms with E-state index >= 15 is 0 Å². The van der Waals surface area contributed by atoms with Crippen LogP contribution in [0.2, 0.25) is 0 Å². The predicted molar refractivity (Wildman–Crippen MR) is 56.0 cm³/mol. The van der Waals surface area contributed by atoms with E-state index in [9.17, 15) is 19.5 Å². The SMILES string of the molecule is COC(=O)/C=C/C1=C(C(=O)[O-])N2C(=O)C[C@@H]2S1.[Na+]. The van der Waals surface area contributed by atoms with Gasteiger partial charge in [-0.15, -0.1) is 0 Å². The van der Waals surface area contributed by atoms with Gasteiger partial charge in [0.05, 0.1) is 30.6 Å². The normalized spacial score (nSPS) is 21.5. The molecule has 2 rings (SSSR count). The van der Waals surface area contributed by atoms with Crippen molar-refractivity contribution in [1.82, 2.24) is 4.90 Å². The zero-order valence-electron chi connectivity index (χ0n) is 9.84. The van der Waals surface area contributed by atoms with E-state index in [1.54, 1.807) is 0 Å². The molecule has 2 heterocycles. The van der Waals surface area contributed by atoms with E-state index in [0.717, 1.165) is 6.08 Å². The summed E-state index contributed by atoms with van der Waals surface area (Å²) < 4.78 is 4.39. The molecular weight excluding hydrogens is 269 g/mol. The van der Waals surface area contributed by atoms with E-state index in [2.05, 4.69) is 4.74 Å². The number of esters is 1. The fourth-order valence-corrected chi connectivity index (χ4v) is 2.89. The fraction of sp³-hybridized carbons (Fsp3) is 0.300. The summed E-state index contributed by atoms with van der Waals surface area (Å²) in [6.45, 7) is 0. The first kappa shape index (κ1) is 15.3. The molecule has 6 nitrogen and oxygen atoms in total. The van der Waals surface area contributed by atoms with Gasteiger partial charge in [0.15, 0.2) is 0 Å². The molecule has 1 amide bonds. The molecule has 90 valence electrons. The minimum atomic E-state index is -1.42. The van der Waals surface area contributed by atoms with Crippen LogP contribution in [0.5, 0.6) is 0 Å². The van der Waals surface area contributed by atoms with Gasteiger partial charge in [-0.1, -0.05) is 11.8 Å². The monoisotopic (exact) mass is 277 g/mol. The van der Waals surface area contributed by atoms with E-state index in [0.29, 0.717) is 11.3 Å². The number of hydrogen-bond acceptors (Lipinski definition) is 6. The van der Waals surface area contributed by atoms with Crippen LogP contribution in [-0.2, 0) is 19.1 Å². The second-order valence-corrected chi connectivity index (χ2v) is 4.62. The zero-order chi connectivity index (χ0) is 12.6. The van der Waals surface area contributed by atoms with Gasteiger partial charge in [-0.2, -0.15) is 0 Å². The van der Waals surface area contributed by atoms with E-state index < -0.39 is 11.9 Å². The van der Waals surface area contributed by atoms with Crippen molar-refractivity contribution in [2.75, 3.05) is 7.11 Å². The summed E-state index contributed by atoms with van der Waals surface area (Å²) in [7, 11) is 1.22. The third-order valence-electron chi connectivity index (χ3n) is 2.41. The van der Waals surface area contributed by atoms with Crippen molar-refractivity contribution >= 4 is 29.6 Å². The Labute approximate surface area is 129 Å². The molecule has 0 saturated carbocycles. The summed E-state index contributed by atoms with van der Waals surface area (Å²) in [5.41, 5.74) is -0.170. The molecule has 0 N–H and O–H groups in total. The van der Waals surface area contributed by atoms with E-state index in [1.165, 1.54) is 29.8 Å². The number of ether oxygens (including phenoxy) is 1. The van der Waals surface area contributed by atoms with Gasteiger partial charge < -0.3 is 14.6 Å². The largest absolute Gasteiger partial charge is 1.00 e. The number of carboxylic acid groups (broad SMARTS) is 1. The first-order valence-electron chi connectivity index (χ1n) is 4.75. The molecule has 1 saturated heterocycles. The number of nitrogens with zero attached hydrogens (tertiary/aromatic N) is 1. The third kappa shape index (κ3) is 2.64. The second-order valence-electron chi connectivity index (χ2n) is 3.40. The van der Waals surface area contributed by atoms with Crippen LogP contribution in [0.25, 0.3) is 0 Å². The number of thioether (sulfide) groups is 1. The molecule has 0 aromatic carbocycles. The van der Waals surface area contributed by atoms with Crippen LogP contribution in [0.15, 0.2) is 22.8 Å². The van der Waals surface area contributed by atoms with Crippen LogP contribution in [0.4, 0.5) is 0 Å². The molecule has 2 aliphatic rings. The molecule has 1 fully saturated rings. The smallest absolute Gasteiger partial charge is 0.543 e. The maximum absolute atomic E-state index is 11.2. The van der Waals surface area contributed by atoms with Gasteiger partial charge in [0.2, 0.25) is 5.91 Å². The summed E-state index contributed by atoms with van der Waals surface area (Å²) >= 11 is 1.22. The Morgan fingerprint density at radius 3 is 2.72 bits per heavy atom. The standard InChI is InChI=1S/C10H9NO5S.Na/c1-16-8(13)3-2-5-9(10(14)15)11-6(12)4-7(11)17-5;/h2-3,7H,4H2,1H3,(H,14,15);/q;+1/p-1/b3-2+;/t7-;/m0./s1. The number of allylic oxidation sites excluding steroid dienone is 1. The van der Waals surface area contributed by atoms with Crippen LogP contribution < -0.4 is 34.7 Å². The van der Waals surface area contributed by atoms with Gasteiger partial charge in [0.25, 0.3) is 0 Å². The maximum Gasteiger partial charge on any atom is 1.00 e. The van der Waals surface area contributed by atoms with Crippen molar-refractivity contribution in [3.8, 4) is 0 Å². The van der Waals surface area contributed by atoms with Crippen molar-refractivity contribution in [3.05, 3.63) is 22.8 Å². The zero-order valence-corrected chi connectivity index (χ0v) is 12.7. The van der Waals surface area contributed by atoms with Crippen molar-refractivity contribution < 1.29 is 53.8 Å². The molecule has 0 aromatic heterocycles. The molecule has 0 bridgehead atoms. The van der Waals surface area contributed by atoms with Gasteiger partial charge in [-0.05, 0) is 6.08 Å². The van der Waals surface area contributed by atoms with Crippen LogP contribution in [0, 0.1) is 0 Å². The average Bonchev–Trinajstić information content (AvgIpc) is 2.58. The fourth-order valence-electron chi connectivity index (χ4n) is 1.60. The molecule has 0 aliphatic carbocycles. The predicted octanol–water partition coefficient (Wildman–Crippen LogP) is -4.01. The van der Waals surface area contributed by atoms with Crippen molar-refractivity contribution in [3.63, 3.8) is 0 Å². The quantitative estimate of drug-likeness (QED) is 0.226. The van der Waals surface area contributed by atoms with E-state index in [4.69, 9.17) is 0 Å². The van der Waals surface area contributed by atoms with E-state index in [-0.39, 0.29) is 46.5 Å². The van der Waals surface area contributed by atoms with Crippen molar-refractivity contribution in [2.24, 2.45) is 0 Å². The summed E-state index contributed by atoms with van der Waals surface area (Å²) in [6.07, 6.45) is 2.74. The van der Waals surface area contributed by atoms with Crippen LogP contribution in [0.3, 0.4) is 0 Å². The Morgan fingerprint density at radius 1 is 1.56 bits per heavy atom. The summed E-state index contributed by atoms with van der Waals surface area (Å²) in [5.74, 6) is -2.25. The first-order chi connectivity index (χ1) is 8.04. The topological polar surface area (TPSA) is 86.7 Å². The third-order valence-corrected chi connectivity index (χ3v) is 3.64. The van der Waals surface area contributed by atoms with Crippen molar-refractivity contribution in [1.29, 1.82) is 0 Å². The number of hydrogen-bond donors (Lipinski definition) is 0. The van der Waals surface area contributed by atoms with Gasteiger partial charge in [0, 0.05) is 11.0 Å². The number of rotatable bonds is 3. The molecule has 0 spiro atoms. The Morgan fingerprint density at radius 2 is 2.22 bits per heavy atom. The van der Waals surface area contributed by atoms with Gasteiger partial charge in [-0.25, -0.2) is 4.79 Å². The van der Waals surface area contributed by atoms with Crippen LogP contribution in [0.1, 0.15) is 6.42 Å². The molecule has 1 atom stereocenters. The Bertz CT molecular complexity index is 473. The molecule has 0 radical (unpaired) electrons. The molecule has 8 heteroatoms. The molecule has 2 aliphatic heterocycles. The summed E-state index contributed by atoms with van der Waals surface area (Å²) in [4.78, 5) is 34.6. The summed E-state index contributed by atoms with van der Waals surface area (Å²) in [5, 5.41) is 10.7. The second kappa shape index (κ2) is 5.92. The minimum Gasteiger partial charge on any atom is -0.543 e. The molecule has 0 aromatic rings. The van der Waals surface area contributed by atoms with Gasteiger partial charge >= 0.3 is 35.5 Å². The minimum absolute atomic E-state index is 0. The average molecular weight is 277 g/mol. The Kier molecular flexibility index (Phi) is 5.03. The number of aliphatic carboxylic acids is 1. The van der Waals surface area contributed by atoms with Crippen LogP contribution in [-0.4, -0.2) is 35.2 Å². The molecule has 18 heavy (non-hydrogen) atoms. The Hall–Kier alpha value is -0.760. The van der Waals surface area contributed by atoms with Crippen LogP contribution >= 0.6 is 11.8 Å². The Balaban J connectivity index is 0.00000162. The number of carboxylic acids is 1. The van der Waals surface area contributed by atoms with E-state index in [1.807, 2.05) is 0 Å². The molecule has 0 unspecified atom stereocenters. The number of carbonyl (C=O) groups is 3.